The summed E-state index contributed by atoms with van der Waals surface area (Å²) in [5, 5.41) is 0. The zero-order valence-corrected chi connectivity index (χ0v) is 18.7. The minimum Gasteiger partial charge on any atom is -0.426 e. The minimum absolute atomic E-state index is 0.0250. The fourth-order valence-electron chi connectivity index (χ4n) is 2.56. The second-order valence-corrected chi connectivity index (χ2v) is 7.96. The minimum atomic E-state index is -9.24. The molecule has 0 bridgehead atoms. The Bertz CT molecular complexity index is 1140. The number of ether oxygens (including phenoxy) is 1. The fraction of sp³-hybridized carbons (Fsp3) is 0.647. The Morgan fingerprint density at radius 3 is 1.05 bits per heavy atom. The van der Waals surface area contributed by atoms with E-state index in [2.05, 4.69) is 4.74 Å². The third kappa shape index (κ3) is 4.67. The summed E-state index contributed by atoms with van der Waals surface area (Å²) in [4.78, 5) is 0. The Kier molecular flexibility index (Phi) is 8.23. The van der Waals surface area contributed by atoms with Crippen LogP contribution in [0.2, 0.25) is 0 Å². The largest absolute Gasteiger partial charge is 0.471 e. The van der Waals surface area contributed by atoms with E-state index in [0.717, 1.165) is 6.92 Å². The average molecular weight is 656 g/mol. The van der Waals surface area contributed by atoms with Crippen molar-refractivity contribution in [2.24, 2.45) is 0 Å². The van der Waals surface area contributed by atoms with Crippen LogP contribution in [0.5, 0.6) is 5.75 Å². The second kappa shape index (κ2) is 9.33. The third-order valence-electron chi connectivity index (χ3n) is 5.12. The van der Waals surface area contributed by atoms with Gasteiger partial charge in [-0.2, -0.15) is 92.2 Å². The van der Waals surface area contributed by atoms with Crippen LogP contribution in [0.25, 0.3) is 0 Å². The maximum absolute atomic E-state index is 13.9. The van der Waals surface area contributed by atoms with Gasteiger partial charge in [-0.25, -0.2) is 0 Å². The van der Waals surface area contributed by atoms with Gasteiger partial charge in [0.05, 0.1) is 5.69 Å². The van der Waals surface area contributed by atoms with Crippen LogP contribution in [0, 0.1) is 6.92 Å². The summed E-state index contributed by atoms with van der Waals surface area (Å²) in [5.41, 5.74) is 8.02. The summed E-state index contributed by atoms with van der Waals surface area (Å²) in [6, 6.07) is 0.510. The van der Waals surface area contributed by atoms with Crippen molar-refractivity contribution >= 4 is 11.4 Å². The SMILES string of the molecule is Cc1cc(N)c(OC(F)(F)C(F)(F)C(F)(F)C(F)(F)C(F)(F)C(F)(F)C(F)(F)C(F)(F)C(F)(F)C(F)(F)F)cc1N. The summed E-state index contributed by atoms with van der Waals surface area (Å²) >= 11 is 0. The molecule has 0 heterocycles. The smallest absolute Gasteiger partial charge is 0.426 e. The second-order valence-electron chi connectivity index (χ2n) is 7.96. The predicted octanol–water partition coefficient (Wildman–Crippen LogP) is 7.78. The summed E-state index contributed by atoms with van der Waals surface area (Å²) in [5.74, 6) is -73.0. The molecule has 0 fully saturated rings. The summed E-state index contributed by atoms with van der Waals surface area (Å²) < 4.78 is 283. The quantitative estimate of drug-likeness (QED) is 0.200. The highest BCUT2D eigenvalue weighted by Gasteiger charge is 2.98. The molecule has 1 aromatic carbocycles. The van der Waals surface area contributed by atoms with E-state index in [-0.39, 0.29) is 11.6 Å². The molecule has 1 rings (SSSR count). The zero-order chi connectivity index (χ0) is 33.4. The lowest BCUT2D eigenvalue weighted by Gasteiger charge is -2.44. The summed E-state index contributed by atoms with van der Waals surface area (Å²) in [7, 11) is 0. The lowest BCUT2D eigenvalue weighted by atomic mass is 9.87. The number of hydrogen-bond acceptors (Lipinski definition) is 3. The topological polar surface area (TPSA) is 61.3 Å². The number of alkyl halides is 21. The molecule has 0 radical (unpaired) electrons. The van der Waals surface area contributed by atoms with Crippen LogP contribution in [0.3, 0.4) is 0 Å². The average Bonchev–Trinajstić information content (AvgIpc) is 2.75. The molecule has 3 nitrogen and oxygen atoms in total. The van der Waals surface area contributed by atoms with Crippen molar-refractivity contribution in [3.8, 4) is 5.75 Å². The van der Waals surface area contributed by atoms with Gasteiger partial charge in [0, 0.05) is 11.8 Å². The summed E-state index contributed by atoms with van der Waals surface area (Å²) in [6.45, 7) is 1.04. The van der Waals surface area contributed by atoms with E-state index in [1.807, 2.05) is 0 Å². The number of nitrogen functional groups attached to an aromatic ring is 2. The van der Waals surface area contributed by atoms with Gasteiger partial charge in [-0.1, -0.05) is 0 Å². The van der Waals surface area contributed by atoms with Crippen LogP contribution in [0.15, 0.2) is 12.1 Å². The van der Waals surface area contributed by atoms with Crippen molar-refractivity contribution in [2.75, 3.05) is 11.5 Å². The van der Waals surface area contributed by atoms with Gasteiger partial charge < -0.3 is 16.2 Å². The lowest BCUT2D eigenvalue weighted by molar-refractivity contribution is -0.480. The molecule has 0 aliphatic heterocycles. The van der Waals surface area contributed by atoms with Crippen molar-refractivity contribution in [2.45, 2.75) is 66.6 Å². The van der Waals surface area contributed by atoms with Crippen LogP contribution < -0.4 is 16.2 Å². The third-order valence-corrected chi connectivity index (χ3v) is 5.12. The first-order valence-corrected chi connectivity index (χ1v) is 9.36. The van der Waals surface area contributed by atoms with E-state index in [1.54, 1.807) is 0 Å². The number of rotatable bonds is 10. The van der Waals surface area contributed by atoms with Crippen molar-refractivity contribution < 1.29 is 96.9 Å². The first kappa shape index (κ1) is 36.2. The Labute approximate surface area is 211 Å². The molecule has 24 heteroatoms. The molecule has 0 saturated heterocycles. The Hall–Kier alpha value is -2.85. The first-order chi connectivity index (χ1) is 17.5. The standard InChI is InChI=1S/C17H9F21N2O/c1-4-2-6(40)7(3-5(4)39)41-17(37,38)15(32,33)13(28,29)11(24,25)9(20,21)8(18,19)10(22,23)12(26,27)14(30,31)16(34,35)36/h2-3H,39-40H2,1H3. The molecular weight excluding hydrogens is 647 g/mol. The van der Waals surface area contributed by atoms with E-state index >= 15 is 0 Å². The van der Waals surface area contributed by atoms with Crippen molar-refractivity contribution in [3.63, 3.8) is 0 Å². The van der Waals surface area contributed by atoms with E-state index in [9.17, 15) is 92.2 Å². The van der Waals surface area contributed by atoms with Gasteiger partial charge in [-0.3, -0.25) is 0 Å². The number of anilines is 2. The van der Waals surface area contributed by atoms with E-state index in [1.165, 1.54) is 0 Å². The van der Waals surface area contributed by atoms with Crippen molar-refractivity contribution in [3.05, 3.63) is 17.7 Å². The molecule has 240 valence electrons. The maximum Gasteiger partial charge on any atom is 0.471 e. The van der Waals surface area contributed by atoms with Crippen molar-refractivity contribution in [1.82, 2.24) is 0 Å². The predicted molar refractivity (Wildman–Crippen MR) is 91.2 cm³/mol. The van der Waals surface area contributed by atoms with Gasteiger partial charge in [0.1, 0.15) is 0 Å². The van der Waals surface area contributed by atoms with Crippen LogP contribution in [0.1, 0.15) is 5.56 Å². The molecule has 4 N–H and O–H groups in total. The van der Waals surface area contributed by atoms with Gasteiger partial charge in [0.15, 0.2) is 5.75 Å². The van der Waals surface area contributed by atoms with Crippen LogP contribution in [-0.4, -0.2) is 59.7 Å². The molecule has 0 unspecified atom stereocenters. The maximum atomic E-state index is 13.9. The molecule has 0 saturated carbocycles. The number of benzene rings is 1. The molecule has 0 aromatic heterocycles. The Balaban J connectivity index is 3.77. The molecule has 1 aromatic rings. The normalized spacial score (nSPS) is 15.8. The molecular formula is C17H9F21N2O. The van der Waals surface area contributed by atoms with Gasteiger partial charge in [-0.15, -0.1) is 0 Å². The monoisotopic (exact) mass is 656 g/mol. The van der Waals surface area contributed by atoms with Crippen LogP contribution in [0.4, 0.5) is 104 Å². The van der Waals surface area contributed by atoms with Gasteiger partial charge >= 0.3 is 59.7 Å². The molecule has 0 spiro atoms. The first-order valence-electron chi connectivity index (χ1n) is 9.36. The Morgan fingerprint density at radius 1 is 0.439 bits per heavy atom. The molecule has 0 aliphatic carbocycles. The zero-order valence-electron chi connectivity index (χ0n) is 18.7. The molecule has 0 amide bonds. The highest BCUT2D eigenvalue weighted by molar-refractivity contribution is 5.63. The lowest BCUT2D eigenvalue weighted by Crippen LogP contribution is -2.77. The summed E-state index contributed by atoms with van der Waals surface area (Å²) in [6.07, 6.45) is -15.3. The number of aryl methyl sites for hydroxylation is 1. The number of hydrogen-bond donors (Lipinski definition) is 2. The number of nitrogens with two attached hydrogens (primary N) is 2. The van der Waals surface area contributed by atoms with Crippen LogP contribution in [-0.2, 0) is 0 Å². The molecule has 41 heavy (non-hydrogen) atoms. The molecule has 0 aliphatic rings. The van der Waals surface area contributed by atoms with Crippen LogP contribution >= 0.6 is 0 Å². The van der Waals surface area contributed by atoms with Crippen molar-refractivity contribution in [1.29, 1.82) is 0 Å². The van der Waals surface area contributed by atoms with E-state index < -0.39 is 76.8 Å². The Morgan fingerprint density at radius 2 is 0.732 bits per heavy atom. The van der Waals surface area contributed by atoms with Gasteiger partial charge in [-0.05, 0) is 18.6 Å². The van der Waals surface area contributed by atoms with E-state index in [4.69, 9.17) is 11.5 Å². The molecule has 0 atom stereocenters. The highest BCUT2D eigenvalue weighted by Crippen LogP contribution is 2.66. The van der Waals surface area contributed by atoms with Gasteiger partial charge in [0.25, 0.3) is 0 Å². The van der Waals surface area contributed by atoms with Gasteiger partial charge in [0.2, 0.25) is 0 Å². The van der Waals surface area contributed by atoms with E-state index in [0.29, 0.717) is 6.07 Å². The number of halogens is 21. The highest BCUT2D eigenvalue weighted by atomic mass is 19.4. The fourth-order valence-corrected chi connectivity index (χ4v) is 2.56.